The van der Waals surface area contributed by atoms with Gasteiger partial charge in [-0.3, -0.25) is 0 Å². The van der Waals surface area contributed by atoms with Gasteiger partial charge in [0.15, 0.2) is 0 Å². The highest BCUT2D eigenvalue weighted by molar-refractivity contribution is 5.27. The van der Waals surface area contributed by atoms with Gasteiger partial charge in [-0.05, 0) is 19.4 Å². The van der Waals surface area contributed by atoms with Crippen LogP contribution < -0.4 is 0 Å². The summed E-state index contributed by atoms with van der Waals surface area (Å²) in [4.78, 5) is 2.07. The summed E-state index contributed by atoms with van der Waals surface area (Å²) in [5.74, 6) is 0. The smallest absolute Gasteiger partial charge is 0.107 e. The fourth-order valence-electron chi connectivity index (χ4n) is 1.86. The highest BCUT2D eigenvalue weighted by Crippen LogP contribution is 2.13. The molecule has 0 unspecified atom stereocenters. The van der Waals surface area contributed by atoms with Crippen LogP contribution in [0.15, 0.2) is 72.5 Å². The summed E-state index contributed by atoms with van der Waals surface area (Å²) >= 11 is 0. The Morgan fingerprint density at radius 3 is 3.00 bits per heavy atom. The molecule has 2 heteroatoms. The Kier molecular flexibility index (Phi) is 7.33. The fourth-order valence-corrected chi connectivity index (χ4v) is 1.86. The maximum atomic E-state index is 12.7. The lowest BCUT2D eigenvalue weighted by molar-refractivity contribution is 0.328. The zero-order chi connectivity index (χ0) is 13.9. The number of hydrogen-bond donors (Lipinski definition) is 0. The Balaban J connectivity index is 2.72. The van der Waals surface area contributed by atoms with Crippen molar-refractivity contribution in [1.29, 1.82) is 0 Å². The number of allylic oxidation sites excluding steroid dienone is 9. The summed E-state index contributed by atoms with van der Waals surface area (Å²) in [6.07, 6.45) is 18.8. The van der Waals surface area contributed by atoms with Crippen molar-refractivity contribution in [2.45, 2.75) is 13.3 Å². The van der Waals surface area contributed by atoms with Crippen LogP contribution in [0.25, 0.3) is 0 Å². The molecule has 0 heterocycles. The van der Waals surface area contributed by atoms with Gasteiger partial charge >= 0.3 is 0 Å². The normalized spacial score (nSPS) is 15.5. The zero-order valence-corrected chi connectivity index (χ0v) is 11.6. The van der Waals surface area contributed by atoms with E-state index in [0.29, 0.717) is 6.54 Å². The van der Waals surface area contributed by atoms with E-state index in [0.717, 1.165) is 18.7 Å². The molecule has 1 nitrogen and oxygen atoms in total. The number of rotatable bonds is 7. The van der Waals surface area contributed by atoms with Crippen molar-refractivity contribution in [2.24, 2.45) is 0 Å². The van der Waals surface area contributed by atoms with E-state index < -0.39 is 0 Å². The second kappa shape index (κ2) is 9.15. The molecule has 0 fully saturated rings. The minimum Gasteiger partial charge on any atom is -0.365 e. The van der Waals surface area contributed by atoms with Gasteiger partial charge in [0.2, 0.25) is 0 Å². The van der Waals surface area contributed by atoms with Crippen molar-refractivity contribution in [3.05, 3.63) is 72.5 Å². The van der Waals surface area contributed by atoms with Crippen LogP contribution in [0, 0.1) is 0 Å². The highest BCUT2D eigenvalue weighted by Gasteiger charge is 2.07. The SMILES string of the molecule is C=C/C=C\C=C(/C)CN(CCF)C1=CCC=CC=C1. The van der Waals surface area contributed by atoms with Gasteiger partial charge in [0, 0.05) is 18.8 Å². The summed E-state index contributed by atoms with van der Waals surface area (Å²) in [5, 5.41) is 0. The van der Waals surface area contributed by atoms with E-state index in [1.807, 2.05) is 36.5 Å². The van der Waals surface area contributed by atoms with Crippen LogP contribution >= 0.6 is 0 Å². The lowest BCUT2D eigenvalue weighted by Gasteiger charge is -2.25. The van der Waals surface area contributed by atoms with Crippen LogP contribution in [0.3, 0.4) is 0 Å². The molecule has 1 rings (SSSR count). The van der Waals surface area contributed by atoms with Crippen molar-refractivity contribution in [1.82, 2.24) is 4.90 Å². The predicted octanol–water partition coefficient (Wildman–Crippen LogP) is 4.35. The minimum absolute atomic E-state index is 0.339. The van der Waals surface area contributed by atoms with Gasteiger partial charge < -0.3 is 4.90 Å². The summed E-state index contributed by atoms with van der Waals surface area (Å²) in [6.45, 7) is 6.51. The van der Waals surface area contributed by atoms with Crippen molar-refractivity contribution in [3.8, 4) is 0 Å². The third-order valence-corrected chi connectivity index (χ3v) is 2.77. The Morgan fingerprint density at radius 1 is 1.42 bits per heavy atom. The molecule has 0 N–H and O–H groups in total. The first kappa shape index (κ1) is 15.2. The maximum absolute atomic E-state index is 12.7. The summed E-state index contributed by atoms with van der Waals surface area (Å²) in [6, 6.07) is 0. The number of nitrogens with zero attached hydrogens (tertiary/aromatic N) is 1. The second-order valence-electron chi connectivity index (χ2n) is 4.40. The molecular weight excluding hydrogens is 237 g/mol. The molecule has 1 aliphatic rings. The lowest BCUT2D eigenvalue weighted by Crippen LogP contribution is -2.26. The molecule has 0 radical (unpaired) electrons. The van der Waals surface area contributed by atoms with Crippen molar-refractivity contribution in [2.75, 3.05) is 19.8 Å². The molecule has 0 saturated heterocycles. The van der Waals surface area contributed by atoms with E-state index in [4.69, 9.17) is 0 Å². The summed E-state index contributed by atoms with van der Waals surface area (Å²) in [5.41, 5.74) is 2.28. The quantitative estimate of drug-likeness (QED) is 0.614. The van der Waals surface area contributed by atoms with Gasteiger partial charge in [0.25, 0.3) is 0 Å². The summed E-state index contributed by atoms with van der Waals surface area (Å²) < 4.78 is 12.7. The van der Waals surface area contributed by atoms with E-state index in [9.17, 15) is 4.39 Å². The Bertz CT molecular complexity index is 425. The second-order valence-corrected chi connectivity index (χ2v) is 4.40. The average molecular weight is 259 g/mol. The molecule has 0 aromatic carbocycles. The first-order valence-electron chi connectivity index (χ1n) is 6.57. The van der Waals surface area contributed by atoms with E-state index in [1.54, 1.807) is 6.08 Å². The number of halogens is 1. The van der Waals surface area contributed by atoms with Crippen LogP contribution in [0.4, 0.5) is 4.39 Å². The Morgan fingerprint density at radius 2 is 2.26 bits per heavy atom. The first-order valence-corrected chi connectivity index (χ1v) is 6.57. The topological polar surface area (TPSA) is 3.24 Å². The molecule has 0 bridgehead atoms. The van der Waals surface area contributed by atoms with Gasteiger partial charge in [-0.25, -0.2) is 4.39 Å². The third-order valence-electron chi connectivity index (χ3n) is 2.77. The minimum atomic E-state index is -0.339. The van der Waals surface area contributed by atoms with Crippen LogP contribution in [-0.4, -0.2) is 24.7 Å². The fraction of sp³-hybridized carbons (Fsp3) is 0.294. The van der Waals surface area contributed by atoms with Crippen molar-refractivity contribution >= 4 is 0 Å². The average Bonchev–Trinajstić information content (AvgIpc) is 2.67. The summed E-state index contributed by atoms with van der Waals surface area (Å²) in [7, 11) is 0. The van der Waals surface area contributed by atoms with E-state index >= 15 is 0 Å². The molecule has 0 amide bonds. The van der Waals surface area contributed by atoms with Crippen LogP contribution in [0.1, 0.15) is 13.3 Å². The van der Waals surface area contributed by atoms with E-state index in [2.05, 4.69) is 30.6 Å². The Labute approximate surface area is 115 Å². The number of alkyl halides is 1. The zero-order valence-electron chi connectivity index (χ0n) is 11.6. The molecule has 0 spiro atoms. The number of hydrogen-bond acceptors (Lipinski definition) is 1. The largest absolute Gasteiger partial charge is 0.365 e. The van der Waals surface area contributed by atoms with Gasteiger partial charge in [-0.15, -0.1) is 0 Å². The molecule has 0 aromatic rings. The van der Waals surface area contributed by atoms with E-state index in [1.165, 1.54) is 5.57 Å². The van der Waals surface area contributed by atoms with Crippen molar-refractivity contribution < 1.29 is 4.39 Å². The van der Waals surface area contributed by atoms with Gasteiger partial charge in [0.05, 0.1) is 0 Å². The monoisotopic (exact) mass is 259 g/mol. The first-order chi connectivity index (χ1) is 9.27. The van der Waals surface area contributed by atoms with Crippen LogP contribution in [-0.2, 0) is 0 Å². The lowest BCUT2D eigenvalue weighted by atomic mass is 10.2. The van der Waals surface area contributed by atoms with Gasteiger partial charge in [-0.1, -0.05) is 60.8 Å². The molecule has 0 atom stereocenters. The maximum Gasteiger partial charge on any atom is 0.107 e. The molecule has 0 aliphatic heterocycles. The molecule has 102 valence electrons. The molecule has 19 heavy (non-hydrogen) atoms. The Hall–Kier alpha value is -1.83. The van der Waals surface area contributed by atoms with Crippen LogP contribution in [0.2, 0.25) is 0 Å². The molecular formula is C17H22FN. The van der Waals surface area contributed by atoms with Crippen LogP contribution in [0.5, 0.6) is 0 Å². The van der Waals surface area contributed by atoms with Crippen molar-refractivity contribution in [3.63, 3.8) is 0 Å². The van der Waals surface area contributed by atoms with Gasteiger partial charge in [0.1, 0.15) is 6.67 Å². The molecule has 0 saturated carbocycles. The predicted molar refractivity (Wildman–Crippen MR) is 81.6 cm³/mol. The molecule has 1 aliphatic carbocycles. The van der Waals surface area contributed by atoms with E-state index in [-0.39, 0.29) is 6.67 Å². The third kappa shape index (κ3) is 6.05. The molecule has 0 aromatic heterocycles. The standard InChI is InChI=1S/C17H22FN/c1-3-4-7-10-16(2)15-19(14-13-18)17-11-8-5-6-9-12-17/h3-8,10-12H,1,9,13-15H2,2H3/b7-4-,16-10+. The van der Waals surface area contributed by atoms with Gasteiger partial charge in [-0.2, -0.15) is 0 Å². The highest BCUT2D eigenvalue weighted by atomic mass is 19.1.